The van der Waals surface area contributed by atoms with Gasteiger partial charge in [0.05, 0.1) is 10.6 Å². The Morgan fingerprint density at radius 3 is 2.33 bits per heavy atom. The Kier molecular flexibility index (Phi) is 5.48. The van der Waals surface area contributed by atoms with E-state index in [0.29, 0.717) is 5.02 Å². The fourth-order valence-electron chi connectivity index (χ4n) is 2.07. The maximum absolute atomic E-state index is 13.0. The molecule has 0 saturated heterocycles. The Balaban J connectivity index is 2.54. The second-order valence-electron chi connectivity index (χ2n) is 5.33. The standard InChI is InChI=1S/C16H18ClN3O3S/c1-11-3-7-14(8-4-11)24(22,23)20(10-16(21)19-18)13-6-5-12(2)15(17)9-13/h3-9H,10,18H2,1-2H3,(H,19,21). The van der Waals surface area contributed by atoms with Crippen molar-refractivity contribution in [3.8, 4) is 0 Å². The molecule has 24 heavy (non-hydrogen) atoms. The molecule has 0 aromatic heterocycles. The average Bonchev–Trinajstić information content (AvgIpc) is 2.55. The molecule has 0 aliphatic rings. The smallest absolute Gasteiger partial charge is 0.264 e. The summed E-state index contributed by atoms with van der Waals surface area (Å²) in [5.41, 5.74) is 3.96. The number of amides is 1. The van der Waals surface area contributed by atoms with Gasteiger partial charge in [-0.25, -0.2) is 14.3 Å². The number of rotatable bonds is 5. The van der Waals surface area contributed by atoms with E-state index in [9.17, 15) is 13.2 Å². The van der Waals surface area contributed by atoms with Gasteiger partial charge in [-0.1, -0.05) is 35.4 Å². The molecule has 128 valence electrons. The van der Waals surface area contributed by atoms with Crippen molar-refractivity contribution in [2.24, 2.45) is 5.84 Å². The molecule has 0 spiro atoms. The van der Waals surface area contributed by atoms with Gasteiger partial charge in [0.15, 0.2) is 0 Å². The number of hydrogen-bond donors (Lipinski definition) is 2. The van der Waals surface area contributed by atoms with Crippen LogP contribution < -0.4 is 15.6 Å². The third-order valence-corrected chi connectivity index (χ3v) is 5.70. The monoisotopic (exact) mass is 367 g/mol. The molecule has 0 saturated carbocycles. The van der Waals surface area contributed by atoms with Gasteiger partial charge < -0.3 is 0 Å². The van der Waals surface area contributed by atoms with E-state index in [1.54, 1.807) is 31.2 Å². The number of nitrogens with zero attached hydrogens (tertiary/aromatic N) is 1. The lowest BCUT2D eigenvalue weighted by molar-refractivity contribution is -0.119. The zero-order valence-electron chi connectivity index (χ0n) is 13.3. The van der Waals surface area contributed by atoms with Crippen molar-refractivity contribution in [2.45, 2.75) is 18.7 Å². The van der Waals surface area contributed by atoms with Crippen LogP contribution in [0.25, 0.3) is 0 Å². The number of hydrazine groups is 1. The zero-order chi connectivity index (χ0) is 17.9. The summed E-state index contributed by atoms with van der Waals surface area (Å²) in [7, 11) is -3.95. The number of nitrogens with two attached hydrogens (primary N) is 1. The molecule has 2 aromatic carbocycles. The van der Waals surface area contributed by atoms with Crippen LogP contribution in [-0.4, -0.2) is 20.9 Å². The fraction of sp³-hybridized carbons (Fsp3) is 0.188. The highest BCUT2D eigenvalue weighted by atomic mass is 35.5. The summed E-state index contributed by atoms with van der Waals surface area (Å²) in [4.78, 5) is 11.8. The number of benzene rings is 2. The molecule has 0 aliphatic carbocycles. The van der Waals surface area contributed by atoms with E-state index in [-0.39, 0.29) is 10.6 Å². The molecule has 0 heterocycles. The topological polar surface area (TPSA) is 92.5 Å². The quantitative estimate of drug-likeness (QED) is 0.481. The van der Waals surface area contributed by atoms with Gasteiger partial charge in [0.2, 0.25) is 0 Å². The van der Waals surface area contributed by atoms with Gasteiger partial charge in [-0.2, -0.15) is 0 Å². The van der Waals surface area contributed by atoms with Crippen molar-refractivity contribution in [3.63, 3.8) is 0 Å². The summed E-state index contributed by atoms with van der Waals surface area (Å²) in [6.45, 7) is 3.21. The van der Waals surface area contributed by atoms with Crippen LogP contribution in [0.3, 0.4) is 0 Å². The van der Waals surface area contributed by atoms with E-state index in [0.717, 1.165) is 15.4 Å². The molecular weight excluding hydrogens is 350 g/mol. The minimum atomic E-state index is -3.95. The molecule has 0 atom stereocenters. The minimum absolute atomic E-state index is 0.0784. The van der Waals surface area contributed by atoms with E-state index < -0.39 is 22.5 Å². The van der Waals surface area contributed by atoms with Crippen molar-refractivity contribution in [1.82, 2.24) is 5.43 Å². The predicted octanol–water partition coefficient (Wildman–Crippen LogP) is 2.14. The molecule has 0 radical (unpaired) electrons. The van der Waals surface area contributed by atoms with Crippen LogP contribution in [0, 0.1) is 13.8 Å². The van der Waals surface area contributed by atoms with Crippen molar-refractivity contribution in [2.75, 3.05) is 10.8 Å². The second-order valence-corrected chi connectivity index (χ2v) is 7.60. The van der Waals surface area contributed by atoms with Crippen molar-refractivity contribution in [1.29, 1.82) is 0 Å². The number of carbonyl (C=O) groups is 1. The van der Waals surface area contributed by atoms with E-state index in [4.69, 9.17) is 17.4 Å². The molecule has 0 aliphatic heterocycles. The van der Waals surface area contributed by atoms with Crippen LogP contribution >= 0.6 is 11.6 Å². The van der Waals surface area contributed by atoms with Gasteiger partial charge in [0, 0.05) is 5.02 Å². The maximum Gasteiger partial charge on any atom is 0.264 e. The summed E-state index contributed by atoms with van der Waals surface area (Å²) in [6.07, 6.45) is 0. The highest BCUT2D eigenvalue weighted by molar-refractivity contribution is 7.92. The largest absolute Gasteiger partial charge is 0.293 e. The lowest BCUT2D eigenvalue weighted by atomic mass is 10.2. The minimum Gasteiger partial charge on any atom is -0.293 e. The Morgan fingerprint density at radius 1 is 1.17 bits per heavy atom. The molecule has 0 bridgehead atoms. The van der Waals surface area contributed by atoms with E-state index >= 15 is 0 Å². The number of nitrogens with one attached hydrogen (secondary N) is 1. The van der Waals surface area contributed by atoms with Crippen LogP contribution in [0.2, 0.25) is 5.02 Å². The molecule has 3 N–H and O–H groups in total. The maximum atomic E-state index is 13.0. The number of halogens is 1. The molecule has 2 rings (SSSR count). The summed E-state index contributed by atoms with van der Waals surface area (Å²) in [5.74, 6) is 4.47. The van der Waals surface area contributed by atoms with E-state index in [1.807, 2.05) is 12.3 Å². The molecule has 6 nitrogen and oxygen atoms in total. The molecular formula is C16H18ClN3O3S. The Bertz CT molecular complexity index is 851. The number of hydrogen-bond acceptors (Lipinski definition) is 4. The summed E-state index contributed by atoms with van der Waals surface area (Å²) >= 11 is 6.10. The SMILES string of the molecule is Cc1ccc(S(=O)(=O)N(CC(=O)NN)c2ccc(C)c(Cl)c2)cc1. The van der Waals surface area contributed by atoms with Crippen molar-refractivity contribution >= 4 is 33.2 Å². The van der Waals surface area contributed by atoms with Gasteiger partial charge in [-0.15, -0.1) is 0 Å². The first kappa shape index (κ1) is 18.3. The highest BCUT2D eigenvalue weighted by Crippen LogP contribution is 2.28. The Labute approximate surface area is 146 Å². The normalized spacial score (nSPS) is 11.2. The molecule has 0 unspecified atom stereocenters. The van der Waals surface area contributed by atoms with Crippen LogP contribution in [0.1, 0.15) is 11.1 Å². The van der Waals surface area contributed by atoms with Crippen LogP contribution in [0.5, 0.6) is 0 Å². The summed E-state index contributed by atoms with van der Waals surface area (Å²) in [5, 5.41) is 0.407. The number of carbonyl (C=O) groups excluding carboxylic acids is 1. The van der Waals surface area contributed by atoms with Crippen LogP contribution in [0.15, 0.2) is 47.4 Å². The highest BCUT2D eigenvalue weighted by Gasteiger charge is 2.27. The molecule has 0 fully saturated rings. The summed E-state index contributed by atoms with van der Waals surface area (Å²) < 4.78 is 26.9. The Hall–Kier alpha value is -2.09. The molecule has 8 heteroatoms. The molecule has 1 amide bonds. The predicted molar refractivity (Wildman–Crippen MR) is 94.2 cm³/mol. The van der Waals surface area contributed by atoms with Gasteiger partial charge in [-0.3, -0.25) is 14.5 Å². The van der Waals surface area contributed by atoms with E-state index in [2.05, 4.69) is 0 Å². The van der Waals surface area contributed by atoms with Crippen LogP contribution in [-0.2, 0) is 14.8 Å². The summed E-state index contributed by atoms with van der Waals surface area (Å²) in [6, 6.07) is 11.2. The van der Waals surface area contributed by atoms with Gasteiger partial charge in [0.25, 0.3) is 15.9 Å². The van der Waals surface area contributed by atoms with Gasteiger partial charge >= 0.3 is 0 Å². The number of sulfonamides is 1. The average molecular weight is 368 g/mol. The van der Waals surface area contributed by atoms with Crippen molar-refractivity contribution < 1.29 is 13.2 Å². The van der Waals surface area contributed by atoms with Crippen LogP contribution in [0.4, 0.5) is 5.69 Å². The number of aryl methyl sites for hydroxylation is 2. The molecule has 2 aromatic rings. The third kappa shape index (κ3) is 3.87. The first-order valence-corrected chi connectivity index (χ1v) is 8.92. The fourth-order valence-corrected chi connectivity index (χ4v) is 3.65. The van der Waals surface area contributed by atoms with Gasteiger partial charge in [-0.05, 0) is 43.7 Å². The van der Waals surface area contributed by atoms with Crippen molar-refractivity contribution in [3.05, 3.63) is 58.6 Å². The zero-order valence-corrected chi connectivity index (χ0v) is 14.9. The van der Waals surface area contributed by atoms with Gasteiger partial charge in [0.1, 0.15) is 6.54 Å². The lowest BCUT2D eigenvalue weighted by Gasteiger charge is -2.24. The first-order chi connectivity index (χ1) is 11.3. The number of anilines is 1. The Morgan fingerprint density at radius 2 is 1.79 bits per heavy atom. The van der Waals surface area contributed by atoms with E-state index in [1.165, 1.54) is 18.2 Å². The first-order valence-electron chi connectivity index (χ1n) is 7.10. The second kappa shape index (κ2) is 7.21. The third-order valence-electron chi connectivity index (χ3n) is 3.50. The lowest BCUT2D eigenvalue weighted by Crippen LogP contribution is -2.43.